The molecule has 0 aromatic carbocycles. The van der Waals surface area contributed by atoms with E-state index in [1.165, 1.54) is 29.9 Å². The number of β-lactam (4-membered cyclic amide) rings is 1. The first-order valence-corrected chi connectivity index (χ1v) is 8.92. The zero-order chi connectivity index (χ0) is 16.6. The molecule has 9 nitrogen and oxygen atoms in total. The van der Waals surface area contributed by atoms with Gasteiger partial charge in [0.1, 0.15) is 29.9 Å². The molecule has 3 atom stereocenters. The van der Waals surface area contributed by atoms with Crippen molar-refractivity contribution < 1.29 is 19.4 Å². The Morgan fingerprint density at radius 3 is 3.17 bits per heavy atom. The molecule has 2 aliphatic heterocycles. The summed E-state index contributed by atoms with van der Waals surface area (Å²) in [5.74, 6) is -0.387. The van der Waals surface area contributed by atoms with Crippen molar-refractivity contribution in [3.63, 3.8) is 0 Å². The third kappa shape index (κ3) is 2.82. The average molecular weight is 359 g/mol. The Balaban J connectivity index is 1.71. The number of thioether (sulfide) groups is 2. The van der Waals surface area contributed by atoms with Gasteiger partial charge in [0, 0.05) is 25.2 Å². The van der Waals surface area contributed by atoms with Gasteiger partial charge in [0.15, 0.2) is 5.16 Å². The first-order valence-electron chi connectivity index (χ1n) is 6.89. The van der Waals surface area contributed by atoms with Crippen LogP contribution < -0.4 is 5.73 Å². The van der Waals surface area contributed by atoms with E-state index in [1.54, 1.807) is 16.6 Å². The Bertz CT molecular complexity index is 626. The van der Waals surface area contributed by atoms with Gasteiger partial charge in [-0.25, -0.2) is 0 Å². The van der Waals surface area contributed by atoms with E-state index < -0.39 is 17.4 Å². The Kier molecular flexibility index (Phi) is 4.54. The maximum atomic E-state index is 11.8. The smallest absolute Gasteiger partial charge is 0.313 e. The van der Waals surface area contributed by atoms with Gasteiger partial charge in [-0.1, -0.05) is 11.8 Å². The monoisotopic (exact) mass is 359 g/mol. The summed E-state index contributed by atoms with van der Waals surface area (Å²) in [6, 6.07) is -0.510. The van der Waals surface area contributed by atoms with Crippen molar-refractivity contribution in [2.45, 2.75) is 23.3 Å². The van der Waals surface area contributed by atoms with E-state index in [-0.39, 0.29) is 17.8 Å². The largest absolute Gasteiger partial charge is 0.481 e. The lowest BCUT2D eigenvalue weighted by molar-refractivity contribution is -0.155. The van der Waals surface area contributed by atoms with Crippen LogP contribution in [0, 0.1) is 5.41 Å². The average Bonchev–Trinajstić information content (AvgIpc) is 2.99. The Morgan fingerprint density at radius 2 is 2.48 bits per heavy atom. The predicted octanol–water partition coefficient (Wildman–Crippen LogP) is -0.712. The van der Waals surface area contributed by atoms with Crippen LogP contribution >= 0.6 is 23.5 Å². The second-order valence-corrected chi connectivity index (χ2v) is 7.62. The Labute approximate surface area is 140 Å². The third-order valence-corrected chi connectivity index (χ3v) is 6.85. The van der Waals surface area contributed by atoms with E-state index in [1.807, 2.05) is 0 Å². The molecule has 1 aromatic heterocycles. The number of nitrogens with zero attached hydrogens (tertiary/aromatic N) is 4. The van der Waals surface area contributed by atoms with E-state index in [2.05, 4.69) is 10.2 Å². The lowest BCUT2D eigenvalue weighted by Gasteiger charge is -2.52. The van der Waals surface area contributed by atoms with Crippen LogP contribution in [0.25, 0.3) is 0 Å². The molecule has 11 heteroatoms. The summed E-state index contributed by atoms with van der Waals surface area (Å²) >= 11 is 2.73. The number of rotatable bonds is 6. The number of nitrogens with two attached hydrogens (primary N) is 1. The SMILES string of the molecule is COCn1cnnc1SCC1(C(=O)O)CS[C@@H]2C(N)C(=O)N2C1. The molecule has 0 aliphatic carbocycles. The van der Waals surface area contributed by atoms with Crippen molar-refractivity contribution in [1.29, 1.82) is 0 Å². The minimum Gasteiger partial charge on any atom is -0.481 e. The van der Waals surface area contributed by atoms with Crippen LogP contribution in [0.15, 0.2) is 11.5 Å². The highest BCUT2D eigenvalue weighted by atomic mass is 32.2. The molecule has 1 aromatic rings. The molecule has 23 heavy (non-hydrogen) atoms. The van der Waals surface area contributed by atoms with Gasteiger partial charge in [-0.05, 0) is 0 Å². The van der Waals surface area contributed by atoms with E-state index >= 15 is 0 Å². The quantitative estimate of drug-likeness (QED) is 0.500. The fraction of sp³-hybridized carbons (Fsp3) is 0.667. The molecule has 2 unspecified atom stereocenters. The number of methoxy groups -OCH3 is 1. The number of carbonyl (C=O) groups is 2. The van der Waals surface area contributed by atoms with Gasteiger partial charge in [0.25, 0.3) is 0 Å². The summed E-state index contributed by atoms with van der Waals surface area (Å²) in [4.78, 5) is 25.2. The summed E-state index contributed by atoms with van der Waals surface area (Å²) in [6.07, 6.45) is 1.53. The molecule has 126 valence electrons. The lowest BCUT2D eigenvalue weighted by atomic mass is 9.89. The fourth-order valence-electron chi connectivity index (χ4n) is 2.59. The maximum Gasteiger partial charge on any atom is 0.313 e. The number of hydrogen-bond acceptors (Lipinski definition) is 8. The summed E-state index contributed by atoms with van der Waals surface area (Å²) in [5, 5.41) is 18.0. The highest BCUT2D eigenvalue weighted by Gasteiger charge is 2.55. The van der Waals surface area contributed by atoms with Gasteiger partial charge in [-0.2, -0.15) is 0 Å². The fourth-order valence-corrected chi connectivity index (χ4v) is 5.30. The second-order valence-electron chi connectivity index (χ2n) is 5.57. The van der Waals surface area contributed by atoms with Crippen molar-refractivity contribution in [3.05, 3.63) is 6.33 Å². The molecule has 2 fully saturated rings. The van der Waals surface area contributed by atoms with Gasteiger partial charge < -0.3 is 20.5 Å². The highest BCUT2D eigenvalue weighted by molar-refractivity contribution is 8.00. The van der Waals surface area contributed by atoms with Crippen molar-refractivity contribution >= 4 is 35.4 Å². The molecular formula is C12H17N5O4S2. The molecule has 0 saturated carbocycles. The van der Waals surface area contributed by atoms with E-state index in [9.17, 15) is 14.7 Å². The van der Waals surface area contributed by atoms with Gasteiger partial charge in [-0.3, -0.25) is 14.2 Å². The normalized spacial score (nSPS) is 30.0. The van der Waals surface area contributed by atoms with Crippen molar-refractivity contribution in [2.24, 2.45) is 11.1 Å². The van der Waals surface area contributed by atoms with Gasteiger partial charge in [-0.15, -0.1) is 22.0 Å². The maximum absolute atomic E-state index is 11.8. The molecule has 0 spiro atoms. The van der Waals surface area contributed by atoms with Gasteiger partial charge >= 0.3 is 5.97 Å². The molecule has 1 amide bonds. The van der Waals surface area contributed by atoms with E-state index in [4.69, 9.17) is 10.5 Å². The molecule has 2 aliphatic rings. The molecule has 0 radical (unpaired) electrons. The third-order valence-electron chi connectivity index (χ3n) is 3.97. The molecule has 3 rings (SSSR count). The van der Waals surface area contributed by atoms with Crippen molar-refractivity contribution in [1.82, 2.24) is 19.7 Å². The van der Waals surface area contributed by atoms with E-state index in [0.29, 0.717) is 23.4 Å². The second kappa shape index (κ2) is 6.30. The molecular weight excluding hydrogens is 342 g/mol. The zero-order valence-corrected chi connectivity index (χ0v) is 14.0. The van der Waals surface area contributed by atoms with Crippen LogP contribution in [0.3, 0.4) is 0 Å². The number of aliphatic carboxylic acids is 1. The summed E-state index contributed by atoms with van der Waals surface area (Å²) < 4.78 is 6.74. The number of aromatic nitrogens is 3. The summed E-state index contributed by atoms with van der Waals surface area (Å²) in [7, 11) is 1.56. The number of hydrogen-bond donors (Lipinski definition) is 2. The Morgan fingerprint density at radius 1 is 1.70 bits per heavy atom. The zero-order valence-electron chi connectivity index (χ0n) is 12.4. The minimum absolute atomic E-state index is 0.0999. The number of carboxylic acids is 1. The van der Waals surface area contributed by atoms with Gasteiger partial charge in [0.05, 0.1) is 0 Å². The first kappa shape index (κ1) is 16.6. The van der Waals surface area contributed by atoms with Crippen LogP contribution in [0.5, 0.6) is 0 Å². The molecule has 0 bridgehead atoms. The van der Waals surface area contributed by atoms with Crippen LogP contribution in [-0.2, 0) is 21.1 Å². The standard InChI is InChI=1S/C12H17N5O4S2/c1-21-6-16-5-14-15-11(16)23-4-12(10(19)20)2-17-8(18)7(13)9(17)22-3-12/h5,7,9H,2-4,6,13H2,1H3,(H,19,20)/t7?,9-,12?/m1/s1. The number of ether oxygens (including phenoxy) is 1. The Hall–Kier alpha value is -1.30. The van der Waals surface area contributed by atoms with Crippen LogP contribution in [0.2, 0.25) is 0 Å². The summed E-state index contributed by atoms with van der Waals surface area (Å²) in [5.41, 5.74) is 4.72. The van der Waals surface area contributed by atoms with E-state index in [0.717, 1.165) is 0 Å². The molecule has 3 N–H and O–H groups in total. The minimum atomic E-state index is -1.02. The molecule has 3 heterocycles. The van der Waals surface area contributed by atoms with Crippen LogP contribution in [0.4, 0.5) is 0 Å². The van der Waals surface area contributed by atoms with Crippen LogP contribution in [0.1, 0.15) is 0 Å². The van der Waals surface area contributed by atoms with Crippen molar-refractivity contribution in [3.8, 4) is 0 Å². The lowest BCUT2D eigenvalue weighted by Crippen LogP contribution is -2.72. The number of fused-ring (bicyclic) bond motifs is 1. The van der Waals surface area contributed by atoms with Crippen LogP contribution in [-0.4, -0.2) is 73.2 Å². The topological polar surface area (TPSA) is 124 Å². The van der Waals surface area contributed by atoms with Crippen molar-refractivity contribution in [2.75, 3.05) is 25.2 Å². The molecule has 2 saturated heterocycles. The first-order chi connectivity index (χ1) is 11.0. The van der Waals surface area contributed by atoms with Gasteiger partial charge in [0.2, 0.25) is 5.91 Å². The number of amides is 1. The summed E-state index contributed by atoms with van der Waals surface area (Å²) in [6.45, 7) is 0.476. The number of carbonyl (C=O) groups excluding carboxylic acids is 1. The highest BCUT2D eigenvalue weighted by Crippen LogP contribution is 2.43. The number of carboxylic acid groups (broad SMARTS) is 1. The predicted molar refractivity (Wildman–Crippen MR) is 83.8 cm³/mol.